The number of nitrogens with zero attached hydrogens (tertiary/aromatic N) is 2. The molecule has 0 saturated carbocycles. The summed E-state index contributed by atoms with van der Waals surface area (Å²) in [5, 5.41) is 0.682. The quantitative estimate of drug-likeness (QED) is 0.813. The van der Waals surface area contributed by atoms with Crippen LogP contribution in [0.4, 0.5) is 0 Å². The molecule has 1 aromatic rings. The lowest BCUT2D eigenvalue weighted by molar-refractivity contribution is 0.692. The van der Waals surface area contributed by atoms with Gasteiger partial charge in [-0.25, -0.2) is 4.98 Å². The fraction of sp³-hybridized carbons (Fsp3) is 0.700. The van der Waals surface area contributed by atoms with E-state index in [1.165, 1.54) is 6.42 Å². The van der Waals surface area contributed by atoms with E-state index in [0.29, 0.717) is 5.25 Å². The molecule has 4 heteroatoms. The Morgan fingerprint density at radius 3 is 2.86 bits per heavy atom. The molecular weight excluding hydrogens is 194 g/mol. The normalized spacial score (nSPS) is 15.4. The molecule has 0 saturated heterocycles. The summed E-state index contributed by atoms with van der Waals surface area (Å²) >= 11 is 1.91. The highest BCUT2D eigenvalue weighted by atomic mass is 32.2. The number of rotatable bonds is 5. The first kappa shape index (κ1) is 11.6. The number of aromatic nitrogens is 2. The Kier molecular flexibility index (Phi) is 4.48. The Hall–Kier alpha value is -0.480. The van der Waals surface area contributed by atoms with Crippen LogP contribution in [0.1, 0.15) is 32.1 Å². The highest BCUT2D eigenvalue weighted by molar-refractivity contribution is 7.99. The topological polar surface area (TPSA) is 43.8 Å². The number of aryl methyl sites for hydroxylation is 1. The third-order valence-electron chi connectivity index (χ3n) is 2.33. The molecule has 80 valence electrons. The molecule has 0 aliphatic carbocycles. The van der Waals surface area contributed by atoms with Gasteiger partial charge in [0.05, 0.1) is 6.04 Å². The van der Waals surface area contributed by atoms with Crippen LogP contribution in [0.2, 0.25) is 0 Å². The molecule has 0 spiro atoms. The zero-order valence-corrected chi connectivity index (χ0v) is 9.92. The van der Waals surface area contributed by atoms with Crippen molar-refractivity contribution in [3.05, 3.63) is 18.2 Å². The van der Waals surface area contributed by atoms with Crippen LogP contribution >= 0.6 is 11.8 Å². The average molecular weight is 213 g/mol. The number of hydrogen-bond acceptors (Lipinski definition) is 3. The van der Waals surface area contributed by atoms with Crippen LogP contribution in [-0.4, -0.2) is 20.6 Å². The minimum atomic E-state index is 0.0500. The lowest BCUT2D eigenvalue weighted by Crippen LogP contribution is -2.18. The van der Waals surface area contributed by atoms with E-state index in [9.17, 15) is 0 Å². The van der Waals surface area contributed by atoms with Gasteiger partial charge in [0.15, 0.2) is 0 Å². The molecule has 2 unspecified atom stereocenters. The van der Waals surface area contributed by atoms with E-state index in [0.717, 1.165) is 11.6 Å². The number of hydrogen-bond donors (Lipinski definition) is 1. The summed E-state index contributed by atoms with van der Waals surface area (Å²) in [6.45, 7) is 4.43. The van der Waals surface area contributed by atoms with E-state index in [-0.39, 0.29) is 6.04 Å². The van der Waals surface area contributed by atoms with E-state index in [1.54, 1.807) is 6.20 Å². The van der Waals surface area contributed by atoms with Gasteiger partial charge in [-0.2, -0.15) is 11.8 Å². The molecule has 0 amide bonds. The van der Waals surface area contributed by atoms with Crippen molar-refractivity contribution in [3.8, 4) is 0 Å². The molecule has 0 aromatic carbocycles. The second kappa shape index (κ2) is 5.41. The SMILES string of the molecule is CCC(C)SCC(N)c1nccn1C. The summed E-state index contributed by atoms with van der Waals surface area (Å²) in [7, 11) is 1.98. The number of imidazole rings is 1. The lowest BCUT2D eigenvalue weighted by Gasteiger charge is -2.13. The second-order valence-corrected chi connectivity index (χ2v) is 5.03. The molecule has 0 fully saturated rings. The van der Waals surface area contributed by atoms with Gasteiger partial charge in [0.2, 0.25) is 0 Å². The van der Waals surface area contributed by atoms with E-state index in [1.807, 2.05) is 29.6 Å². The second-order valence-electron chi connectivity index (χ2n) is 3.56. The number of nitrogens with two attached hydrogens (primary N) is 1. The van der Waals surface area contributed by atoms with Crippen LogP contribution in [0.25, 0.3) is 0 Å². The van der Waals surface area contributed by atoms with Gasteiger partial charge in [0.1, 0.15) is 5.82 Å². The highest BCUT2D eigenvalue weighted by Crippen LogP contribution is 2.19. The van der Waals surface area contributed by atoms with Gasteiger partial charge in [0.25, 0.3) is 0 Å². The fourth-order valence-electron chi connectivity index (χ4n) is 1.19. The molecule has 14 heavy (non-hydrogen) atoms. The first-order valence-corrected chi connectivity index (χ1v) is 6.04. The molecule has 2 N–H and O–H groups in total. The number of thioether (sulfide) groups is 1. The first-order chi connectivity index (χ1) is 6.65. The molecule has 0 radical (unpaired) electrons. The van der Waals surface area contributed by atoms with E-state index in [2.05, 4.69) is 18.8 Å². The molecule has 3 nitrogen and oxygen atoms in total. The summed E-state index contributed by atoms with van der Waals surface area (Å²) in [4.78, 5) is 4.24. The maximum atomic E-state index is 6.04. The summed E-state index contributed by atoms with van der Waals surface area (Å²) < 4.78 is 1.99. The average Bonchev–Trinajstić information content (AvgIpc) is 2.60. The van der Waals surface area contributed by atoms with Crippen molar-refractivity contribution < 1.29 is 0 Å². The Bertz CT molecular complexity index is 272. The first-order valence-electron chi connectivity index (χ1n) is 4.99. The van der Waals surface area contributed by atoms with Crippen molar-refractivity contribution >= 4 is 11.8 Å². The van der Waals surface area contributed by atoms with Crippen LogP contribution in [0.15, 0.2) is 12.4 Å². The molecule has 0 bridgehead atoms. The largest absolute Gasteiger partial charge is 0.337 e. The predicted molar refractivity (Wildman–Crippen MR) is 62.3 cm³/mol. The zero-order valence-electron chi connectivity index (χ0n) is 9.10. The summed E-state index contributed by atoms with van der Waals surface area (Å²) in [5.41, 5.74) is 6.04. The standard InChI is InChI=1S/C10H19N3S/c1-4-8(2)14-7-9(11)10-12-5-6-13(10)3/h5-6,8-9H,4,7,11H2,1-3H3. The predicted octanol–water partition coefficient (Wildman–Crippen LogP) is 1.95. The molecule has 0 aliphatic heterocycles. The molecule has 1 heterocycles. The summed E-state index contributed by atoms with van der Waals surface area (Å²) in [6.07, 6.45) is 4.92. The zero-order chi connectivity index (χ0) is 10.6. The maximum absolute atomic E-state index is 6.04. The Labute approximate surface area is 90.1 Å². The molecule has 1 aromatic heterocycles. The van der Waals surface area contributed by atoms with Gasteiger partial charge in [-0.05, 0) is 6.42 Å². The summed E-state index contributed by atoms with van der Waals surface area (Å²) in [5.74, 6) is 1.92. The van der Waals surface area contributed by atoms with Gasteiger partial charge in [-0.3, -0.25) is 0 Å². The van der Waals surface area contributed by atoms with Crippen LogP contribution in [-0.2, 0) is 7.05 Å². The smallest absolute Gasteiger partial charge is 0.126 e. The molecular formula is C10H19N3S. The third-order valence-corrected chi connectivity index (χ3v) is 3.78. The van der Waals surface area contributed by atoms with Crippen LogP contribution in [0, 0.1) is 0 Å². The van der Waals surface area contributed by atoms with E-state index >= 15 is 0 Å². The minimum absolute atomic E-state index is 0.0500. The monoisotopic (exact) mass is 213 g/mol. The van der Waals surface area contributed by atoms with Gasteiger partial charge in [-0.15, -0.1) is 0 Å². The van der Waals surface area contributed by atoms with Crippen molar-refractivity contribution in [3.63, 3.8) is 0 Å². The fourth-order valence-corrected chi connectivity index (χ4v) is 2.12. The molecule has 1 rings (SSSR count). The van der Waals surface area contributed by atoms with Gasteiger partial charge < -0.3 is 10.3 Å². The van der Waals surface area contributed by atoms with Gasteiger partial charge in [-0.1, -0.05) is 13.8 Å². The van der Waals surface area contributed by atoms with Crippen LogP contribution in [0.5, 0.6) is 0 Å². The van der Waals surface area contributed by atoms with Crippen molar-refractivity contribution in [1.29, 1.82) is 0 Å². The highest BCUT2D eigenvalue weighted by Gasteiger charge is 2.11. The van der Waals surface area contributed by atoms with E-state index in [4.69, 9.17) is 5.73 Å². The van der Waals surface area contributed by atoms with Crippen LogP contribution in [0.3, 0.4) is 0 Å². The Morgan fingerprint density at radius 1 is 1.64 bits per heavy atom. The van der Waals surface area contributed by atoms with E-state index < -0.39 is 0 Å². The van der Waals surface area contributed by atoms with Gasteiger partial charge in [0, 0.05) is 30.4 Å². The summed E-state index contributed by atoms with van der Waals surface area (Å²) in [6, 6.07) is 0.0500. The lowest BCUT2D eigenvalue weighted by atomic mass is 10.3. The minimum Gasteiger partial charge on any atom is -0.337 e. The van der Waals surface area contributed by atoms with Crippen molar-refractivity contribution in [2.24, 2.45) is 12.8 Å². The Morgan fingerprint density at radius 2 is 2.36 bits per heavy atom. The maximum Gasteiger partial charge on any atom is 0.126 e. The van der Waals surface area contributed by atoms with Gasteiger partial charge >= 0.3 is 0 Å². The molecule has 2 atom stereocenters. The van der Waals surface area contributed by atoms with Crippen molar-refractivity contribution in [2.45, 2.75) is 31.6 Å². The Balaban J connectivity index is 2.43. The molecule has 0 aliphatic rings. The van der Waals surface area contributed by atoms with Crippen molar-refractivity contribution in [2.75, 3.05) is 5.75 Å². The van der Waals surface area contributed by atoms with Crippen LogP contribution < -0.4 is 5.73 Å². The van der Waals surface area contributed by atoms with Crippen molar-refractivity contribution in [1.82, 2.24) is 9.55 Å². The third kappa shape index (κ3) is 3.03.